The van der Waals surface area contributed by atoms with Crippen molar-refractivity contribution < 1.29 is 23.8 Å². The van der Waals surface area contributed by atoms with Crippen LogP contribution >= 0.6 is 0 Å². The Morgan fingerprint density at radius 2 is 2.12 bits per heavy atom. The molecule has 3 aromatic rings. The first-order valence-corrected chi connectivity index (χ1v) is 7.58. The van der Waals surface area contributed by atoms with E-state index in [2.05, 4.69) is 10.1 Å². The molecule has 0 amide bonds. The number of carboxylic acids is 1. The Morgan fingerprint density at radius 1 is 1.32 bits per heavy atom. The van der Waals surface area contributed by atoms with Crippen molar-refractivity contribution in [2.75, 3.05) is 7.11 Å². The summed E-state index contributed by atoms with van der Waals surface area (Å²) in [5.74, 6) is 1.37. The molecule has 1 N–H and O–H groups in total. The maximum atomic E-state index is 11.1. The van der Waals surface area contributed by atoms with Crippen molar-refractivity contribution in [2.45, 2.75) is 19.6 Å². The average molecular weight is 343 g/mol. The van der Waals surface area contributed by atoms with Crippen molar-refractivity contribution in [3.63, 3.8) is 0 Å². The molecular formula is C17H17N3O5. The molecule has 0 aliphatic heterocycles. The molecule has 25 heavy (non-hydrogen) atoms. The van der Waals surface area contributed by atoms with Crippen LogP contribution in [0.15, 0.2) is 47.1 Å². The summed E-state index contributed by atoms with van der Waals surface area (Å²) in [6, 6.07) is 10.5. The second-order valence-corrected chi connectivity index (χ2v) is 5.26. The zero-order chi connectivity index (χ0) is 17.8. The van der Waals surface area contributed by atoms with E-state index in [0.717, 1.165) is 0 Å². The van der Waals surface area contributed by atoms with Crippen LogP contribution in [0.3, 0.4) is 0 Å². The van der Waals surface area contributed by atoms with Crippen LogP contribution in [0, 0.1) is 0 Å². The van der Waals surface area contributed by atoms with Crippen molar-refractivity contribution in [3.8, 4) is 23.1 Å². The highest BCUT2D eigenvalue weighted by molar-refractivity contribution is 5.66. The van der Waals surface area contributed by atoms with Crippen LogP contribution in [-0.4, -0.2) is 33.0 Å². The lowest BCUT2D eigenvalue weighted by Gasteiger charge is -2.15. The lowest BCUT2D eigenvalue weighted by atomic mass is 10.3. The number of rotatable bonds is 7. The molecule has 130 valence electrons. The van der Waals surface area contributed by atoms with Gasteiger partial charge in [0.2, 0.25) is 5.82 Å². The van der Waals surface area contributed by atoms with Gasteiger partial charge in [0.25, 0.3) is 0 Å². The SMILES string of the molecule is COc1cccc(O[C@H](C)c2nc(-c3ccco3)nn2CC(=O)O)c1. The van der Waals surface area contributed by atoms with Gasteiger partial charge in [-0.05, 0) is 31.2 Å². The lowest BCUT2D eigenvalue weighted by molar-refractivity contribution is -0.138. The number of aliphatic carboxylic acids is 1. The number of ether oxygens (including phenoxy) is 2. The fraction of sp³-hybridized carbons (Fsp3) is 0.235. The number of nitrogens with zero attached hydrogens (tertiary/aromatic N) is 3. The fourth-order valence-electron chi connectivity index (χ4n) is 2.34. The zero-order valence-corrected chi connectivity index (χ0v) is 13.7. The summed E-state index contributed by atoms with van der Waals surface area (Å²) < 4.78 is 17.6. The monoisotopic (exact) mass is 343 g/mol. The van der Waals surface area contributed by atoms with Crippen molar-refractivity contribution in [1.29, 1.82) is 0 Å². The standard InChI is InChI=1S/C17H17N3O5/c1-11(25-13-6-3-5-12(9-13)23-2)17-18-16(14-7-4-8-24-14)19-20(17)10-15(21)22/h3-9,11H,10H2,1-2H3,(H,21,22)/t11-/m1/s1. The summed E-state index contributed by atoms with van der Waals surface area (Å²) in [6.45, 7) is 1.45. The highest BCUT2D eigenvalue weighted by Crippen LogP contribution is 2.26. The van der Waals surface area contributed by atoms with Crippen LogP contribution < -0.4 is 9.47 Å². The predicted molar refractivity (Wildman–Crippen MR) is 87.4 cm³/mol. The summed E-state index contributed by atoms with van der Waals surface area (Å²) in [7, 11) is 1.57. The van der Waals surface area contributed by atoms with Crippen molar-refractivity contribution in [1.82, 2.24) is 14.8 Å². The molecule has 1 atom stereocenters. The number of carbonyl (C=O) groups is 1. The molecule has 8 heteroatoms. The molecule has 0 spiro atoms. The van der Waals surface area contributed by atoms with Gasteiger partial charge in [0.1, 0.15) is 18.0 Å². The molecule has 2 heterocycles. The van der Waals surface area contributed by atoms with Crippen molar-refractivity contribution in [2.24, 2.45) is 0 Å². The third-order valence-corrected chi connectivity index (χ3v) is 3.44. The quantitative estimate of drug-likeness (QED) is 0.704. The van der Waals surface area contributed by atoms with E-state index in [9.17, 15) is 4.79 Å². The molecule has 0 saturated heterocycles. The van der Waals surface area contributed by atoms with Gasteiger partial charge in [-0.1, -0.05) is 6.07 Å². The van der Waals surface area contributed by atoms with E-state index in [4.69, 9.17) is 19.0 Å². The fourth-order valence-corrected chi connectivity index (χ4v) is 2.34. The van der Waals surface area contributed by atoms with Gasteiger partial charge in [-0.25, -0.2) is 9.67 Å². The first kappa shape index (κ1) is 16.6. The molecule has 0 unspecified atom stereocenters. The molecule has 0 radical (unpaired) electrons. The first-order valence-electron chi connectivity index (χ1n) is 7.58. The average Bonchev–Trinajstić information content (AvgIpc) is 3.24. The van der Waals surface area contributed by atoms with Crippen molar-refractivity contribution in [3.05, 3.63) is 48.5 Å². The summed E-state index contributed by atoms with van der Waals surface area (Å²) in [5, 5.41) is 13.3. The molecular weight excluding hydrogens is 326 g/mol. The van der Waals surface area contributed by atoms with E-state index < -0.39 is 12.1 Å². The molecule has 2 aromatic heterocycles. The Hall–Kier alpha value is -3.29. The Balaban J connectivity index is 1.89. The third kappa shape index (κ3) is 3.79. The van der Waals surface area contributed by atoms with Gasteiger partial charge in [0, 0.05) is 6.07 Å². The van der Waals surface area contributed by atoms with E-state index in [-0.39, 0.29) is 6.54 Å². The number of hydrogen-bond donors (Lipinski definition) is 1. The Morgan fingerprint density at radius 3 is 2.80 bits per heavy atom. The van der Waals surface area contributed by atoms with E-state index in [1.165, 1.54) is 10.9 Å². The molecule has 0 aliphatic rings. The number of methoxy groups -OCH3 is 1. The van der Waals surface area contributed by atoms with Crippen LogP contribution in [0.2, 0.25) is 0 Å². The van der Waals surface area contributed by atoms with Crippen molar-refractivity contribution >= 4 is 5.97 Å². The van der Waals surface area contributed by atoms with Gasteiger partial charge in [-0.3, -0.25) is 4.79 Å². The first-order chi connectivity index (χ1) is 12.1. The van der Waals surface area contributed by atoms with Crippen LogP contribution in [0.1, 0.15) is 18.9 Å². The van der Waals surface area contributed by atoms with Crippen LogP contribution in [0.4, 0.5) is 0 Å². The summed E-state index contributed by atoms with van der Waals surface area (Å²) >= 11 is 0. The minimum absolute atomic E-state index is 0.308. The maximum absolute atomic E-state index is 11.1. The second-order valence-electron chi connectivity index (χ2n) is 5.26. The molecule has 1 aromatic carbocycles. The summed E-state index contributed by atoms with van der Waals surface area (Å²) in [5.41, 5.74) is 0. The topological polar surface area (TPSA) is 99.6 Å². The van der Waals surface area contributed by atoms with Gasteiger partial charge >= 0.3 is 5.97 Å². The number of aromatic nitrogens is 3. The molecule has 0 fully saturated rings. The minimum Gasteiger partial charge on any atom is -0.497 e. The van der Waals surface area contributed by atoms with Gasteiger partial charge in [-0.2, -0.15) is 0 Å². The van der Waals surface area contributed by atoms with E-state index in [1.54, 1.807) is 50.4 Å². The van der Waals surface area contributed by atoms with Gasteiger partial charge in [-0.15, -0.1) is 5.10 Å². The predicted octanol–water partition coefficient (Wildman–Crippen LogP) is 2.77. The molecule has 0 saturated carbocycles. The Bertz CT molecular complexity index is 857. The zero-order valence-electron chi connectivity index (χ0n) is 13.7. The smallest absolute Gasteiger partial charge is 0.325 e. The van der Waals surface area contributed by atoms with Crippen LogP contribution in [0.5, 0.6) is 11.5 Å². The Labute approximate surface area is 143 Å². The number of benzene rings is 1. The van der Waals surface area contributed by atoms with E-state index >= 15 is 0 Å². The number of furan rings is 1. The molecule has 3 rings (SSSR count). The summed E-state index contributed by atoms with van der Waals surface area (Å²) in [4.78, 5) is 15.5. The van der Waals surface area contributed by atoms with E-state index in [1.807, 2.05) is 0 Å². The normalized spacial score (nSPS) is 11.9. The van der Waals surface area contributed by atoms with Gasteiger partial charge < -0.3 is 19.0 Å². The third-order valence-electron chi connectivity index (χ3n) is 3.44. The minimum atomic E-state index is -1.02. The largest absolute Gasteiger partial charge is 0.497 e. The van der Waals surface area contributed by atoms with Gasteiger partial charge in [0.05, 0.1) is 13.4 Å². The van der Waals surface area contributed by atoms with Crippen LogP contribution in [0.25, 0.3) is 11.6 Å². The number of hydrogen-bond acceptors (Lipinski definition) is 6. The molecule has 0 bridgehead atoms. The molecule has 0 aliphatic carbocycles. The highest BCUT2D eigenvalue weighted by Gasteiger charge is 2.21. The maximum Gasteiger partial charge on any atom is 0.325 e. The highest BCUT2D eigenvalue weighted by atomic mass is 16.5. The Kier molecular flexibility index (Phi) is 4.69. The lowest BCUT2D eigenvalue weighted by Crippen LogP contribution is -2.17. The second kappa shape index (κ2) is 7.08. The van der Waals surface area contributed by atoms with Gasteiger partial charge in [0.15, 0.2) is 17.7 Å². The van der Waals surface area contributed by atoms with E-state index in [0.29, 0.717) is 28.9 Å². The number of carboxylic acid groups (broad SMARTS) is 1. The summed E-state index contributed by atoms with van der Waals surface area (Å²) in [6.07, 6.45) is 0.978. The molecule has 8 nitrogen and oxygen atoms in total. The van der Waals surface area contributed by atoms with Crippen LogP contribution in [-0.2, 0) is 11.3 Å².